The maximum absolute atomic E-state index is 15.1. The van der Waals surface area contributed by atoms with E-state index in [0.29, 0.717) is 17.7 Å². The van der Waals surface area contributed by atoms with Gasteiger partial charge in [-0.25, -0.2) is 4.39 Å². The molecule has 0 saturated carbocycles. The van der Waals surface area contributed by atoms with E-state index in [1.807, 2.05) is 38.1 Å². The van der Waals surface area contributed by atoms with Gasteiger partial charge < -0.3 is 15.2 Å². The minimum atomic E-state index is -1.01. The Kier molecular flexibility index (Phi) is 9.09. The number of carboxylic acids is 1. The van der Waals surface area contributed by atoms with Crippen molar-refractivity contribution in [3.05, 3.63) is 89.2 Å². The Morgan fingerprint density at radius 1 is 0.946 bits per heavy atom. The molecule has 1 unspecified atom stereocenters. The number of hydrogen-bond donors (Lipinski definition) is 2. The van der Waals surface area contributed by atoms with Crippen LogP contribution in [0.2, 0.25) is 0 Å². The van der Waals surface area contributed by atoms with Gasteiger partial charge in [0, 0.05) is 17.7 Å². The first-order valence-electron chi connectivity index (χ1n) is 12.6. The van der Waals surface area contributed by atoms with Crippen LogP contribution < -0.4 is 10.1 Å². The second kappa shape index (κ2) is 12.0. The third-order valence-electron chi connectivity index (χ3n) is 6.14. The van der Waals surface area contributed by atoms with Crippen molar-refractivity contribution < 1.29 is 23.8 Å². The van der Waals surface area contributed by atoms with E-state index in [1.54, 1.807) is 6.07 Å². The van der Waals surface area contributed by atoms with Gasteiger partial charge in [0.15, 0.2) is 0 Å². The maximum atomic E-state index is 15.1. The van der Waals surface area contributed by atoms with Crippen molar-refractivity contribution in [2.75, 3.05) is 6.54 Å². The van der Waals surface area contributed by atoms with Gasteiger partial charge in [0.2, 0.25) is 0 Å². The van der Waals surface area contributed by atoms with Crippen molar-refractivity contribution in [2.24, 2.45) is 5.92 Å². The van der Waals surface area contributed by atoms with Crippen LogP contribution in [0.4, 0.5) is 4.39 Å². The second-order valence-corrected chi connectivity index (χ2v) is 10.7. The van der Waals surface area contributed by atoms with Crippen molar-refractivity contribution in [3.8, 4) is 16.9 Å². The highest BCUT2D eigenvalue weighted by Crippen LogP contribution is 2.32. The minimum absolute atomic E-state index is 0.0205. The average molecular weight is 506 g/mol. The maximum Gasteiger partial charge on any atom is 0.305 e. The average Bonchev–Trinajstić information content (AvgIpc) is 2.83. The number of hydrogen-bond acceptors (Lipinski definition) is 3. The molecule has 2 N–H and O–H groups in total. The van der Waals surface area contributed by atoms with Crippen LogP contribution in [0, 0.1) is 11.7 Å². The van der Waals surface area contributed by atoms with Gasteiger partial charge in [-0.05, 0) is 58.7 Å². The lowest BCUT2D eigenvalue weighted by Crippen LogP contribution is -2.26. The monoisotopic (exact) mass is 505 g/mol. The van der Waals surface area contributed by atoms with Crippen molar-refractivity contribution >= 4 is 11.9 Å². The SMILES string of the molecule is CC(C)CC(Oc1ccc(-c2ccc(C(C)(C)C)cc2)cc1)c1ccc(C(=O)NCCC(=O)O)cc1F. The fourth-order valence-corrected chi connectivity index (χ4v) is 4.03. The molecule has 0 spiro atoms. The number of aliphatic carboxylic acids is 1. The third-order valence-corrected chi connectivity index (χ3v) is 6.14. The molecule has 0 fully saturated rings. The fraction of sp³-hybridized carbons (Fsp3) is 0.355. The lowest BCUT2D eigenvalue weighted by atomic mass is 9.86. The van der Waals surface area contributed by atoms with Gasteiger partial charge in [-0.1, -0.05) is 77.1 Å². The number of carbonyl (C=O) groups is 2. The number of halogens is 1. The molecule has 0 aromatic heterocycles. The summed E-state index contributed by atoms with van der Waals surface area (Å²) in [6.07, 6.45) is -0.129. The molecule has 3 aromatic rings. The van der Waals surface area contributed by atoms with E-state index >= 15 is 4.39 Å². The molecule has 6 heteroatoms. The van der Waals surface area contributed by atoms with E-state index in [2.05, 4.69) is 50.4 Å². The van der Waals surface area contributed by atoms with E-state index in [4.69, 9.17) is 9.84 Å². The summed E-state index contributed by atoms with van der Waals surface area (Å²) in [4.78, 5) is 22.9. The molecular weight excluding hydrogens is 469 g/mol. The number of nitrogens with one attached hydrogen (secondary N) is 1. The van der Waals surface area contributed by atoms with Gasteiger partial charge in [-0.3, -0.25) is 9.59 Å². The molecule has 1 amide bonds. The zero-order valence-electron chi connectivity index (χ0n) is 22.2. The highest BCUT2D eigenvalue weighted by atomic mass is 19.1. The molecule has 0 bridgehead atoms. The van der Waals surface area contributed by atoms with Crippen molar-refractivity contribution in [1.82, 2.24) is 5.32 Å². The lowest BCUT2D eigenvalue weighted by Gasteiger charge is -2.22. The topological polar surface area (TPSA) is 75.6 Å². The molecule has 0 aliphatic carbocycles. The summed E-state index contributed by atoms with van der Waals surface area (Å²) >= 11 is 0. The Balaban J connectivity index is 1.75. The Labute approximate surface area is 218 Å². The quantitative estimate of drug-likeness (QED) is 0.306. The summed E-state index contributed by atoms with van der Waals surface area (Å²) < 4.78 is 21.3. The first kappa shape index (κ1) is 27.9. The summed E-state index contributed by atoms with van der Waals surface area (Å²) in [6, 6.07) is 20.6. The van der Waals surface area contributed by atoms with E-state index in [0.717, 1.165) is 11.1 Å². The van der Waals surface area contributed by atoms with Crippen LogP contribution in [-0.2, 0) is 10.2 Å². The van der Waals surface area contributed by atoms with Crippen LogP contribution in [-0.4, -0.2) is 23.5 Å². The van der Waals surface area contributed by atoms with Crippen molar-refractivity contribution in [2.45, 2.75) is 59.0 Å². The van der Waals surface area contributed by atoms with E-state index < -0.39 is 23.8 Å². The third kappa shape index (κ3) is 7.91. The molecule has 37 heavy (non-hydrogen) atoms. The van der Waals surface area contributed by atoms with Gasteiger partial charge in [0.25, 0.3) is 5.91 Å². The number of ether oxygens (including phenoxy) is 1. The molecule has 3 rings (SSSR count). The Bertz CT molecular complexity index is 1210. The summed E-state index contributed by atoms with van der Waals surface area (Å²) in [6.45, 7) is 10.6. The summed E-state index contributed by atoms with van der Waals surface area (Å²) in [7, 11) is 0. The molecule has 0 aliphatic rings. The summed E-state index contributed by atoms with van der Waals surface area (Å²) in [5.41, 5.74) is 4.06. The molecule has 5 nitrogen and oxygen atoms in total. The first-order valence-corrected chi connectivity index (χ1v) is 12.6. The number of amides is 1. The number of carbonyl (C=O) groups excluding carboxylic acids is 1. The van der Waals surface area contributed by atoms with Crippen molar-refractivity contribution in [1.29, 1.82) is 0 Å². The molecular formula is C31H36FNO4. The van der Waals surface area contributed by atoms with Crippen LogP contribution in [0.15, 0.2) is 66.7 Å². The lowest BCUT2D eigenvalue weighted by molar-refractivity contribution is -0.136. The van der Waals surface area contributed by atoms with Gasteiger partial charge >= 0.3 is 5.97 Å². The normalized spacial score (nSPS) is 12.3. The van der Waals surface area contributed by atoms with Gasteiger partial charge in [-0.15, -0.1) is 0 Å². The van der Waals surface area contributed by atoms with E-state index in [9.17, 15) is 9.59 Å². The molecule has 1 atom stereocenters. The molecule has 0 heterocycles. The largest absolute Gasteiger partial charge is 0.486 e. The molecule has 0 radical (unpaired) electrons. The Hall–Kier alpha value is -3.67. The molecule has 0 aliphatic heterocycles. The fourth-order valence-electron chi connectivity index (χ4n) is 4.03. The predicted octanol–water partition coefficient (Wildman–Crippen LogP) is 7.16. The minimum Gasteiger partial charge on any atom is -0.486 e. The first-order chi connectivity index (χ1) is 17.4. The van der Waals surface area contributed by atoms with Crippen LogP contribution in [0.1, 0.15) is 75.0 Å². The zero-order valence-corrected chi connectivity index (χ0v) is 22.2. The van der Waals surface area contributed by atoms with Crippen LogP contribution in [0.25, 0.3) is 11.1 Å². The smallest absolute Gasteiger partial charge is 0.305 e. The highest BCUT2D eigenvalue weighted by Gasteiger charge is 2.21. The standard InChI is InChI=1S/C31H36FNO4/c1-20(2)18-28(26-15-10-23(19-27(26)32)30(36)33-17-16-29(34)35)37-25-13-8-22(9-14-25)21-6-11-24(12-7-21)31(3,4)5/h6-15,19-20,28H,16-18H2,1-5H3,(H,33,36)(H,34,35). The van der Waals surface area contributed by atoms with E-state index in [-0.39, 0.29) is 29.9 Å². The molecule has 0 saturated heterocycles. The number of carboxylic acid groups (broad SMARTS) is 1. The number of benzene rings is 3. The van der Waals surface area contributed by atoms with Crippen LogP contribution in [0.3, 0.4) is 0 Å². The zero-order chi connectivity index (χ0) is 27.2. The highest BCUT2D eigenvalue weighted by molar-refractivity contribution is 5.94. The van der Waals surface area contributed by atoms with Gasteiger partial charge in [-0.2, -0.15) is 0 Å². The van der Waals surface area contributed by atoms with Crippen molar-refractivity contribution in [3.63, 3.8) is 0 Å². The van der Waals surface area contributed by atoms with Gasteiger partial charge in [0.1, 0.15) is 17.7 Å². The summed E-state index contributed by atoms with van der Waals surface area (Å²) in [5.74, 6) is -1.17. The Morgan fingerprint density at radius 3 is 2.05 bits per heavy atom. The van der Waals surface area contributed by atoms with Crippen LogP contribution >= 0.6 is 0 Å². The predicted molar refractivity (Wildman–Crippen MR) is 144 cm³/mol. The van der Waals surface area contributed by atoms with Crippen LogP contribution in [0.5, 0.6) is 5.75 Å². The molecule has 196 valence electrons. The van der Waals surface area contributed by atoms with Gasteiger partial charge in [0.05, 0.1) is 6.42 Å². The summed E-state index contributed by atoms with van der Waals surface area (Å²) in [5, 5.41) is 11.2. The second-order valence-electron chi connectivity index (χ2n) is 10.7. The number of rotatable bonds is 10. The van der Waals surface area contributed by atoms with E-state index in [1.165, 1.54) is 17.7 Å². The molecule has 3 aromatic carbocycles. The Morgan fingerprint density at radius 2 is 1.54 bits per heavy atom.